The minimum absolute atomic E-state index is 0.0613. The topological polar surface area (TPSA) is 68.7 Å². The third-order valence-corrected chi connectivity index (χ3v) is 2.34. The Labute approximate surface area is 95.2 Å². The number of nitrogens with two attached hydrogens (primary N) is 1. The van der Waals surface area contributed by atoms with Crippen LogP contribution in [-0.4, -0.2) is 44.2 Å². The molecular weight excluding hydrogens is 208 g/mol. The molecule has 16 heavy (non-hydrogen) atoms. The van der Waals surface area contributed by atoms with Gasteiger partial charge in [0, 0.05) is 26.7 Å². The number of carbonyl (C=O) groups is 1. The third-order valence-electron chi connectivity index (χ3n) is 2.34. The fraction of sp³-hybridized carbons (Fsp3) is 0.545. The van der Waals surface area contributed by atoms with Crippen molar-refractivity contribution in [2.75, 3.05) is 33.4 Å². The van der Waals surface area contributed by atoms with Crippen molar-refractivity contribution in [3.05, 3.63) is 23.7 Å². The van der Waals surface area contributed by atoms with Gasteiger partial charge in [0.05, 0.1) is 18.4 Å². The van der Waals surface area contributed by atoms with Gasteiger partial charge < -0.3 is 19.8 Å². The highest BCUT2D eigenvalue weighted by Crippen LogP contribution is 2.11. The van der Waals surface area contributed by atoms with E-state index in [0.29, 0.717) is 37.6 Å². The molecule has 0 aromatic carbocycles. The van der Waals surface area contributed by atoms with Crippen molar-refractivity contribution in [1.82, 2.24) is 4.90 Å². The van der Waals surface area contributed by atoms with Gasteiger partial charge >= 0.3 is 0 Å². The van der Waals surface area contributed by atoms with Crippen molar-refractivity contribution < 1.29 is 13.9 Å². The Bertz CT molecular complexity index is 336. The fourth-order valence-corrected chi connectivity index (χ4v) is 1.45. The molecule has 0 spiro atoms. The monoisotopic (exact) mass is 226 g/mol. The van der Waals surface area contributed by atoms with Crippen LogP contribution in [0.3, 0.4) is 0 Å². The summed E-state index contributed by atoms with van der Waals surface area (Å²) < 4.78 is 10.1. The van der Waals surface area contributed by atoms with Crippen molar-refractivity contribution in [3.63, 3.8) is 0 Å². The van der Waals surface area contributed by atoms with Crippen LogP contribution in [0.15, 0.2) is 16.7 Å². The predicted octanol–water partition coefficient (Wildman–Crippen LogP) is 0.635. The summed E-state index contributed by atoms with van der Waals surface area (Å²) in [5, 5.41) is 0. The molecule has 1 aromatic heterocycles. The summed E-state index contributed by atoms with van der Waals surface area (Å²) in [6.07, 6.45) is 1.51. The Kier molecular flexibility index (Phi) is 5.01. The van der Waals surface area contributed by atoms with Crippen LogP contribution in [0.5, 0.6) is 0 Å². The van der Waals surface area contributed by atoms with E-state index in [4.69, 9.17) is 14.9 Å². The first-order valence-corrected chi connectivity index (χ1v) is 5.23. The van der Waals surface area contributed by atoms with Crippen molar-refractivity contribution in [2.45, 2.75) is 6.92 Å². The van der Waals surface area contributed by atoms with Crippen molar-refractivity contribution in [2.24, 2.45) is 5.73 Å². The van der Waals surface area contributed by atoms with Gasteiger partial charge in [0.2, 0.25) is 0 Å². The van der Waals surface area contributed by atoms with E-state index in [1.807, 2.05) is 0 Å². The van der Waals surface area contributed by atoms with Gasteiger partial charge in [-0.15, -0.1) is 0 Å². The number of carbonyl (C=O) groups excluding carboxylic acids is 1. The molecule has 0 aliphatic heterocycles. The molecule has 0 saturated heterocycles. The molecule has 1 amide bonds. The number of methoxy groups -OCH3 is 1. The molecule has 90 valence electrons. The second-order valence-corrected chi connectivity index (χ2v) is 3.46. The minimum atomic E-state index is -0.0613. The van der Waals surface area contributed by atoms with E-state index >= 15 is 0 Å². The van der Waals surface area contributed by atoms with Crippen LogP contribution in [0, 0.1) is 6.92 Å². The van der Waals surface area contributed by atoms with Crippen molar-refractivity contribution in [3.8, 4) is 0 Å². The molecule has 5 nitrogen and oxygen atoms in total. The maximum atomic E-state index is 12.1. The Morgan fingerprint density at radius 3 is 2.81 bits per heavy atom. The number of amides is 1. The number of hydrogen-bond donors (Lipinski definition) is 1. The number of rotatable bonds is 6. The molecule has 0 aliphatic carbocycles. The number of ether oxygens (including phenoxy) is 1. The Balaban J connectivity index is 2.70. The fourth-order valence-electron chi connectivity index (χ4n) is 1.45. The van der Waals surface area contributed by atoms with Crippen LogP contribution in [0.1, 0.15) is 16.1 Å². The van der Waals surface area contributed by atoms with Crippen molar-refractivity contribution >= 4 is 5.91 Å². The lowest BCUT2D eigenvalue weighted by atomic mass is 10.2. The molecule has 1 aromatic rings. The lowest BCUT2D eigenvalue weighted by Gasteiger charge is -2.21. The summed E-state index contributed by atoms with van der Waals surface area (Å²) in [6, 6.07) is 1.67. The first kappa shape index (κ1) is 12.7. The van der Waals surface area contributed by atoms with Crippen molar-refractivity contribution in [1.29, 1.82) is 0 Å². The van der Waals surface area contributed by atoms with Crippen LogP contribution < -0.4 is 5.73 Å². The summed E-state index contributed by atoms with van der Waals surface area (Å²) in [5.41, 5.74) is 6.06. The van der Waals surface area contributed by atoms with Crippen LogP contribution in [-0.2, 0) is 4.74 Å². The van der Waals surface area contributed by atoms with Gasteiger partial charge in [-0.05, 0) is 13.0 Å². The molecule has 0 aliphatic rings. The van der Waals surface area contributed by atoms with Crippen LogP contribution in [0.4, 0.5) is 0 Å². The van der Waals surface area contributed by atoms with Gasteiger partial charge in [-0.2, -0.15) is 0 Å². The highest BCUT2D eigenvalue weighted by molar-refractivity contribution is 5.95. The smallest absolute Gasteiger partial charge is 0.257 e. The summed E-state index contributed by atoms with van der Waals surface area (Å²) >= 11 is 0. The quantitative estimate of drug-likeness (QED) is 0.772. The zero-order valence-electron chi connectivity index (χ0n) is 9.73. The van der Waals surface area contributed by atoms with Gasteiger partial charge in [-0.1, -0.05) is 0 Å². The SMILES string of the molecule is COCCN(CCN)C(=O)c1ccoc1C. The summed E-state index contributed by atoms with van der Waals surface area (Å²) in [6.45, 7) is 3.77. The molecule has 1 heterocycles. The second kappa shape index (κ2) is 6.30. The lowest BCUT2D eigenvalue weighted by Crippen LogP contribution is -2.37. The highest BCUT2D eigenvalue weighted by Gasteiger charge is 2.18. The van der Waals surface area contributed by atoms with Crippen LogP contribution in [0.25, 0.3) is 0 Å². The van der Waals surface area contributed by atoms with Gasteiger partial charge in [0.15, 0.2) is 0 Å². The Morgan fingerprint density at radius 2 is 2.31 bits per heavy atom. The Hall–Kier alpha value is -1.33. The second-order valence-electron chi connectivity index (χ2n) is 3.46. The maximum absolute atomic E-state index is 12.1. The number of furan rings is 1. The lowest BCUT2D eigenvalue weighted by molar-refractivity contribution is 0.0700. The average Bonchev–Trinajstić information content (AvgIpc) is 2.69. The molecule has 5 heteroatoms. The number of aryl methyl sites for hydroxylation is 1. The van der Waals surface area contributed by atoms with Crippen LogP contribution >= 0.6 is 0 Å². The normalized spacial score (nSPS) is 10.4. The maximum Gasteiger partial charge on any atom is 0.257 e. The number of hydrogen-bond acceptors (Lipinski definition) is 4. The summed E-state index contributed by atoms with van der Waals surface area (Å²) in [7, 11) is 1.61. The van der Waals surface area contributed by atoms with E-state index in [1.165, 1.54) is 6.26 Å². The molecule has 0 unspecified atom stereocenters. The van der Waals surface area contributed by atoms with Crippen LogP contribution in [0.2, 0.25) is 0 Å². The number of nitrogens with zero attached hydrogens (tertiary/aromatic N) is 1. The summed E-state index contributed by atoms with van der Waals surface area (Å²) in [5.74, 6) is 0.568. The molecule has 0 fully saturated rings. The van der Waals surface area contributed by atoms with E-state index in [1.54, 1.807) is 25.0 Å². The van der Waals surface area contributed by atoms with Gasteiger partial charge in [0.1, 0.15) is 5.76 Å². The third kappa shape index (κ3) is 3.08. The molecule has 0 bridgehead atoms. The van der Waals surface area contributed by atoms with E-state index < -0.39 is 0 Å². The predicted molar refractivity (Wildman–Crippen MR) is 60.3 cm³/mol. The van der Waals surface area contributed by atoms with E-state index in [9.17, 15) is 4.79 Å². The first-order valence-electron chi connectivity index (χ1n) is 5.23. The zero-order chi connectivity index (χ0) is 12.0. The molecular formula is C11H18N2O3. The van der Waals surface area contributed by atoms with Gasteiger partial charge in [-0.25, -0.2) is 0 Å². The van der Waals surface area contributed by atoms with Gasteiger partial charge in [0.25, 0.3) is 5.91 Å². The average molecular weight is 226 g/mol. The molecule has 0 saturated carbocycles. The van der Waals surface area contributed by atoms with Gasteiger partial charge in [-0.3, -0.25) is 4.79 Å². The largest absolute Gasteiger partial charge is 0.469 e. The Morgan fingerprint density at radius 1 is 1.56 bits per heavy atom. The standard InChI is InChI=1S/C11H18N2O3/c1-9-10(3-7-16-9)11(14)13(5-4-12)6-8-15-2/h3,7H,4-6,8,12H2,1-2H3. The molecule has 2 N–H and O–H groups in total. The van der Waals surface area contributed by atoms with E-state index in [2.05, 4.69) is 0 Å². The van der Waals surface area contributed by atoms with E-state index in [0.717, 1.165) is 0 Å². The zero-order valence-corrected chi connectivity index (χ0v) is 9.73. The first-order chi connectivity index (χ1) is 7.70. The highest BCUT2D eigenvalue weighted by atomic mass is 16.5. The minimum Gasteiger partial charge on any atom is -0.469 e. The van der Waals surface area contributed by atoms with E-state index in [-0.39, 0.29) is 5.91 Å². The molecule has 0 atom stereocenters. The molecule has 1 rings (SSSR count). The molecule has 0 radical (unpaired) electrons. The summed E-state index contributed by atoms with van der Waals surface area (Å²) in [4.78, 5) is 13.7.